The topological polar surface area (TPSA) is 0 Å². The molecule has 0 bridgehead atoms. The fraction of sp³-hybridized carbons (Fsp3) is 0.500. The minimum atomic E-state index is 0.462. The van der Waals surface area contributed by atoms with Crippen molar-refractivity contribution in [3.8, 4) is 0 Å². The fourth-order valence-electron chi connectivity index (χ4n) is 5.23. The van der Waals surface area contributed by atoms with Crippen molar-refractivity contribution < 1.29 is 0 Å². The molecule has 104 valence electrons. The van der Waals surface area contributed by atoms with E-state index in [4.69, 9.17) is 0 Å². The van der Waals surface area contributed by atoms with Gasteiger partial charge in [0.05, 0.1) is 0 Å². The summed E-state index contributed by atoms with van der Waals surface area (Å²) in [5.41, 5.74) is 7.15. The smallest absolute Gasteiger partial charge is 0.00545 e. The molecule has 20 heavy (non-hydrogen) atoms. The second-order valence-electron chi connectivity index (χ2n) is 7.02. The summed E-state index contributed by atoms with van der Waals surface area (Å²) < 4.78 is 0. The molecule has 3 unspecified atom stereocenters. The molecule has 0 aliphatic heterocycles. The Morgan fingerprint density at radius 2 is 2.05 bits per heavy atom. The monoisotopic (exact) mass is 264 g/mol. The zero-order valence-corrected chi connectivity index (χ0v) is 12.7. The highest BCUT2D eigenvalue weighted by Gasteiger charge is 2.49. The van der Waals surface area contributed by atoms with E-state index < -0.39 is 0 Å². The van der Waals surface area contributed by atoms with Crippen LogP contribution in [0, 0.1) is 11.3 Å². The average molecular weight is 264 g/mol. The molecule has 0 aromatic heterocycles. The molecule has 3 aliphatic carbocycles. The van der Waals surface area contributed by atoms with Crippen LogP contribution in [0.5, 0.6) is 0 Å². The lowest BCUT2D eigenvalue weighted by atomic mass is 9.59. The van der Waals surface area contributed by atoms with Crippen molar-refractivity contribution in [2.75, 3.05) is 0 Å². The maximum absolute atomic E-state index is 2.58. The molecular formula is C20H24. The molecule has 0 nitrogen and oxygen atoms in total. The average Bonchev–Trinajstić information content (AvgIpc) is 2.83. The number of hydrogen-bond donors (Lipinski definition) is 0. The van der Waals surface area contributed by atoms with Gasteiger partial charge in [0.2, 0.25) is 0 Å². The van der Waals surface area contributed by atoms with Gasteiger partial charge in [-0.1, -0.05) is 54.5 Å². The third-order valence-corrected chi connectivity index (χ3v) is 6.30. The van der Waals surface area contributed by atoms with Crippen molar-refractivity contribution in [3.05, 3.63) is 58.7 Å². The van der Waals surface area contributed by atoms with Crippen LogP contribution < -0.4 is 0 Å². The highest BCUT2D eigenvalue weighted by molar-refractivity contribution is 5.46. The fourth-order valence-corrected chi connectivity index (χ4v) is 5.23. The zero-order valence-electron chi connectivity index (χ0n) is 12.7. The van der Waals surface area contributed by atoms with Gasteiger partial charge in [-0.3, -0.25) is 0 Å². The van der Waals surface area contributed by atoms with Crippen molar-refractivity contribution in [2.24, 2.45) is 11.3 Å². The van der Waals surface area contributed by atoms with Crippen LogP contribution in [-0.4, -0.2) is 0 Å². The van der Waals surface area contributed by atoms with Gasteiger partial charge in [0.15, 0.2) is 0 Å². The van der Waals surface area contributed by atoms with Gasteiger partial charge in [0.1, 0.15) is 0 Å². The van der Waals surface area contributed by atoms with Gasteiger partial charge in [-0.15, -0.1) is 0 Å². The lowest BCUT2D eigenvalue weighted by Gasteiger charge is -2.45. The van der Waals surface area contributed by atoms with Crippen LogP contribution in [-0.2, 0) is 6.42 Å². The van der Waals surface area contributed by atoms with E-state index in [1.54, 1.807) is 22.3 Å². The number of rotatable bonds is 0. The van der Waals surface area contributed by atoms with Crippen molar-refractivity contribution in [1.82, 2.24) is 0 Å². The van der Waals surface area contributed by atoms with Gasteiger partial charge >= 0.3 is 0 Å². The molecule has 0 heteroatoms. The maximum Gasteiger partial charge on any atom is 0.00545 e. The van der Waals surface area contributed by atoms with E-state index in [0.29, 0.717) is 11.3 Å². The predicted molar refractivity (Wildman–Crippen MR) is 84.8 cm³/mol. The first-order chi connectivity index (χ1) is 9.74. The second-order valence-corrected chi connectivity index (χ2v) is 7.02. The third kappa shape index (κ3) is 1.54. The molecule has 0 N–H and O–H groups in total. The molecule has 2 fully saturated rings. The summed E-state index contributed by atoms with van der Waals surface area (Å²) in [6.07, 6.45) is 11.5. The van der Waals surface area contributed by atoms with Crippen LogP contribution in [0.1, 0.15) is 56.6 Å². The minimum absolute atomic E-state index is 0.462. The maximum atomic E-state index is 2.58. The van der Waals surface area contributed by atoms with Crippen LogP contribution in [0.15, 0.2) is 47.6 Å². The van der Waals surface area contributed by atoms with Crippen molar-refractivity contribution >= 4 is 0 Å². The molecule has 1 aromatic carbocycles. The van der Waals surface area contributed by atoms with Crippen molar-refractivity contribution in [2.45, 2.75) is 51.9 Å². The Labute approximate surface area is 122 Å². The van der Waals surface area contributed by atoms with E-state index >= 15 is 0 Å². The molecule has 0 amide bonds. The van der Waals surface area contributed by atoms with E-state index in [0.717, 1.165) is 12.3 Å². The molecule has 0 saturated heterocycles. The Hall–Kier alpha value is -1.30. The molecule has 4 rings (SSSR count). The van der Waals surface area contributed by atoms with E-state index in [9.17, 15) is 0 Å². The van der Waals surface area contributed by atoms with Gasteiger partial charge in [0, 0.05) is 5.92 Å². The highest BCUT2D eigenvalue weighted by atomic mass is 14.5. The first-order valence-corrected chi connectivity index (χ1v) is 8.17. The first kappa shape index (κ1) is 12.4. The molecule has 3 atom stereocenters. The number of hydrogen-bond acceptors (Lipinski definition) is 0. The summed E-state index contributed by atoms with van der Waals surface area (Å²) in [5, 5.41) is 0. The standard InChI is InChI=1S/C20H24/c1-3-15-9-11-19-18-10-8-14-6-4-5-7-16(14)17(18)12-13-20(15,19)2/h3-7,10,17,19H,8-9,11-13H2,1-2H3/b15-3-. The SMILES string of the molecule is C/C=C1/CCC2C3=CCc4ccccc4C3CCC12C. The van der Waals surface area contributed by atoms with Crippen LogP contribution >= 0.6 is 0 Å². The van der Waals surface area contributed by atoms with Gasteiger partial charge in [-0.05, 0) is 61.5 Å². The molecule has 0 spiro atoms. The minimum Gasteiger partial charge on any atom is -0.0879 e. The Bertz CT molecular complexity index is 604. The molecule has 0 radical (unpaired) electrons. The number of allylic oxidation sites excluding steroid dienone is 4. The Kier molecular flexibility index (Phi) is 2.70. The lowest BCUT2D eigenvalue weighted by Crippen LogP contribution is -2.34. The highest BCUT2D eigenvalue weighted by Crippen LogP contribution is 2.61. The quantitative estimate of drug-likeness (QED) is 0.550. The van der Waals surface area contributed by atoms with E-state index in [1.807, 2.05) is 0 Å². The Morgan fingerprint density at radius 1 is 1.20 bits per heavy atom. The molecule has 1 aromatic rings. The van der Waals surface area contributed by atoms with Crippen LogP contribution in [0.4, 0.5) is 0 Å². The molecule has 2 saturated carbocycles. The summed E-state index contributed by atoms with van der Waals surface area (Å²) in [4.78, 5) is 0. The van der Waals surface area contributed by atoms with E-state index in [2.05, 4.69) is 50.3 Å². The molecular weight excluding hydrogens is 240 g/mol. The van der Waals surface area contributed by atoms with E-state index in [1.165, 1.54) is 25.7 Å². The summed E-state index contributed by atoms with van der Waals surface area (Å²) >= 11 is 0. The summed E-state index contributed by atoms with van der Waals surface area (Å²) in [5.74, 6) is 1.52. The normalized spacial score (nSPS) is 37.1. The first-order valence-electron chi connectivity index (χ1n) is 8.17. The number of fused-ring (bicyclic) bond motifs is 5. The molecule has 0 heterocycles. The van der Waals surface area contributed by atoms with Crippen LogP contribution in [0.3, 0.4) is 0 Å². The molecule has 3 aliphatic rings. The van der Waals surface area contributed by atoms with Crippen LogP contribution in [0.25, 0.3) is 0 Å². The predicted octanol–water partition coefficient (Wildman–Crippen LogP) is 5.41. The summed E-state index contributed by atoms with van der Waals surface area (Å²) in [6, 6.07) is 9.11. The summed E-state index contributed by atoms with van der Waals surface area (Å²) in [7, 11) is 0. The van der Waals surface area contributed by atoms with Crippen LogP contribution in [0.2, 0.25) is 0 Å². The second kappa shape index (κ2) is 4.35. The lowest BCUT2D eigenvalue weighted by molar-refractivity contribution is 0.229. The van der Waals surface area contributed by atoms with Crippen molar-refractivity contribution in [3.63, 3.8) is 0 Å². The zero-order chi connectivity index (χ0) is 13.7. The number of benzene rings is 1. The largest absolute Gasteiger partial charge is 0.0879 e. The third-order valence-electron chi connectivity index (χ3n) is 6.30. The summed E-state index contributed by atoms with van der Waals surface area (Å²) in [6.45, 7) is 4.76. The van der Waals surface area contributed by atoms with Gasteiger partial charge in [0.25, 0.3) is 0 Å². The van der Waals surface area contributed by atoms with Gasteiger partial charge in [-0.2, -0.15) is 0 Å². The van der Waals surface area contributed by atoms with Gasteiger partial charge < -0.3 is 0 Å². The van der Waals surface area contributed by atoms with E-state index in [-0.39, 0.29) is 0 Å². The van der Waals surface area contributed by atoms with Crippen molar-refractivity contribution in [1.29, 1.82) is 0 Å². The Morgan fingerprint density at radius 3 is 2.90 bits per heavy atom. The Balaban J connectivity index is 1.77. The van der Waals surface area contributed by atoms with Gasteiger partial charge in [-0.25, -0.2) is 0 Å².